The van der Waals surface area contributed by atoms with Crippen molar-refractivity contribution < 1.29 is 0 Å². The zero-order valence-electron chi connectivity index (χ0n) is 13.4. The van der Waals surface area contributed by atoms with E-state index < -0.39 is 11.2 Å². The van der Waals surface area contributed by atoms with Crippen LogP contribution < -0.4 is 22.7 Å². The van der Waals surface area contributed by atoms with E-state index in [9.17, 15) is 9.59 Å². The molecule has 0 aliphatic carbocycles. The first-order valence-corrected chi connectivity index (χ1v) is 7.59. The second-order valence-corrected chi connectivity index (χ2v) is 5.56. The number of aromatic amines is 2. The van der Waals surface area contributed by atoms with Gasteiger partial charge in [0.25, 0.3) is 5.56 Å². The molecular formula is C14H14N10O2. The molecule has 0 fully saturated rings. The summed E-state index contributed by atoms with van der Waals surface area (Å²) in [4.78, 5) is 33.7. The summed E-state index contributed by atoms with van der Waals surface area (Å²) in [6.07, 6.45) is 0. The Bertz CT molecular complexity index is 1210. The van der Waals surface area contributed by atoms with Crippen LogP contribution in [0.5, 0.6) is 0 Å². The van der Waals surface area contributed by atoms with Crippen LogP contribution >= 0.6 is 0 Å². The van der Waals surface area contributed by atoms with Gasteiger partial charge in [0.15, 0.2) is 0 Å². The maximum Gasteiger partial charge on any atom is 0.332 e. The molecule has 3 aromatic heterocycles. The Morgan fingerprint density at radius 2 is 1.46 bits per heavy atom. The molecular weight excluding hydrogens is 340 g/mol. The minimum atomic E-state index is -0.529. The summed E-state index contributed by atoms with van der Waals surface area (Å²) in [5, 5.41) is 13.1. The van der Waals surface area contributed by atoms with Crippen LogP contribution in [0.2, 0.25) is 0 Å². The van der Waals surface area contributed by atoms with Gasteiger partial charge in [-0.25, -0.2) is 4.79 Å². The SMILES string of the molecule is Nc1n[nH]c(Cn2c(=O)c3ccccc3n(Cc3nc(N)n[nH]3)c2=O)n1. The highest BCUT2D eigenvalue weighted by molar-refractivity contribution is 5.77. The monoisotopic (exact) mass is 354 g/mol. The lowest BCUT2D eigenvalue weighted by molar-refractivity contribution is 0.610. The number of hydrogen-bond acceptors (Lipinski definition) is 8. The standard InChI is InChI=1S/C14H14N10O2/c15-12-17-9(19-21-12)5-23-8-4-2-1-3-7(8)11(25)24(14(23)26)6-10-18-13(16)22-20-10/h1-4H,5-6H2,(H3,15,17,19,21)(H3,16,18,20,22). The summed E-state index contributed by atoms with van der Waals surface area (Å²) < 4.78 is 2.47. The van der Waals surface area contributed by atoms with Gasteiger partial charge in [-0.15, -0.1) is 10.2 Å². The number of H-pyrrole nitrogens is 2. The van der Waals surface area contributed by atoms with Crippen molar-refractivity contribution in [3.05, 3.63) is 56.8 Å². The van der Waals surface area contributed by atoms with Crippen molar-refractivity contribution in [2.24, 2.45) is 0 Å². The Labute approximate surface area is 144 Å². The van der Waals surface area contributed by atoms with Crippen molar-refractivity contribution in [3.8, 4) is 0 Å². The molecule has 3 heterocycles. The number of nitrogens with one attached hydrogen (secondary N) is 2. The topological polar surface area (TPSA) is 179 Å². The van der Waals surface area contributed by atoms with E-state index in [4.69, 9.17) is 11.5 Å². The average Bonchev–Trinajstić information content (AvgIpc) is 3.23. The Kier molecular flexibility index (Phi) is 3.49. The second kappa shape index (κ2) is 5.84. The molecule has 26 heavy (non-hydrogen) atoms. The van der Waals surface area contributed by atoms with E-state index in [1.165, 1.54) is 4.57 Å². The van der Waals surface area contributed by atoms with Crippen molar-refractivity contribution in [3.63, 3.8) is 0 Å². The lowest BCUT2D eigenvalue weighted by Crippen LogP contribution is -2.40. The van der Waals surface area contributed by atoms with Gasteiger partial charge < -0.3 is 11.5 Å². The summed E-state index contributed by atoms with van der Waals surface area (Å²) in [5.74, 6) is 0.797. The summed E-state index contributed by atoms with van der Waals surface area (Å²) in [6, 6.07) is 6.80. The Hall–Kier alpha value is -3.96. The first kappa shape index (κ1) is 15.6. The molecule has 12 heteroatoms. The van der Waals surface area contributed by atoms with Crippen LogP contribution in [0.4, 0.5) is 11.9 Å². The van der Waals surface area contributed by atoms with Crippen molar-refractivity contribution in [1.82, 2.24) is 39.5 Å². The van der Waals surface area contributed by atoms with Crippen LogP contribution in [0.1, 0.15) is 11.6 Å². The molecule has 4 aromatic rings. The lowest BCUT2D eigenvalue weighted by Gasteiger charge is -2.12. The molecule has 0 radical (unpaired) electrons. The average molecular weight is 354 g/mol. The normalized spacial score (nSPS) is 11.2. The number of aromatic nitrogens is 8. The molecule has 12 nitrogen and oxygen atoms in total. The van der Waals surface area contributed by atoms with Gasteiger partial charge in [-0.3, -0.25) is 24.1 Å². The summed E-state index contributed by atoms with van der Waals surface area (Å²) in [7, 11) is 0. The minimum Gasteiger partial charge on any atom is -0.367 e. The van der Waals surface area contributed by atoms with Crippen molar-refractivity contribution in [2.75, 3.05) is 11.5 Å². The van der Waals surface area contributed by atoms with E-state index in [1.807, 2.05) is 0 Å². The predicted octanol–water partition coefficient (Wildman–Crippen LogP) is -1.34. The molecule has 0 unspecified atom stereocenters. The summed E-state index contributed by atoms with van der Waals surface area (Å²) in [5.41, 5.74) is 10.5. The maximum atomic E-state index is 13.0. The minimum absolute atomic E-state index is 0.0336. The zero-order chi connectivity index (χ0) is 18.3. The van der Waals surface area contributed by atoms with Crippen LogP contribution in [0.3, 0.4) is 0 Å². The molecule has 0 atom stereocenters. The first-order valence-electron chi connectivity index (χ1n) is 7.59. The summed E-state index contributed by atoms with van der Waals surface area (Å²) in [6.45, 7) is -0.0202. The third kappa shape index (κ3) is 2.58. The molecule has 132 valence electrons. The highest BCUT2D eigenvalue weighted by Crippen LogP contribution is 2.09. The molecule has 4 rings (SSSR count). The largest absolute Gasteiger partial charge is 0.367 e. The van der Waals surface area contributed by atoms with Gasteiger partial charge >= 0.3 is 5.69 Å². The van der Waals surface area contributed by atoms with E-state index in [1.54, 1.807) is 24.3 Å². The number of benzene rings is 1. The molecule has 0 aliphatic rings. The van der Waals surface area contributed by atoms with Gasteiger partial charge in [-0.2, -0.15) is 9.97 Å². The Balaban J connectivity index is 1.91. The molecule has 6 N–H and O–H groups in total. The van der Waals surface area contributed by atoms with E-state index in [0.717, 1.165) is 4.57 Å². The van der Waals surface area contributed by atoms with Crippen molar-refractivity contribution >= 4 is 22.8 Å². The van der Waals surface area contributed by atoms with E-state index in [0.29, 0.717) is 22.6 Å². The van der Waals surface area contributed by atoms with Crippen LogP contribution in [0.15, 0.2) is 33.9 Å². The van der Waals surface area contributed by atoms with Gasteiger partial charge in [-0.05, 0) is 12.1 Å². The van der Waals surface area contributed by atoms with Crippen LogP contribution in [0, 0.1) is 0 Å². The molecule has 0 amide bonds. The highest BCUT2D eigenvalue weighted by atomic mass is 16.2. The number of nitrogens with two attached hydrogens (primary N) is 2. The quantitative estimate of drug-likeness (QED) is 0.347. The van der Waals surface area contributed by atoms with Gasteiger partial charge in [0, 0.05) is 0 Å². The van der Waals surface area contributed by atoms with Gasteiger partial charge in [0.1, 0.15) is 11.6 Å². The number of anilines is 2. The smallest absolute Gasteiger partial charge is 0.332 e. The molecule has 0 bridgehead atoms. The number of nitrogens with zero attached hydrogens (tertiary/aromatic N) is 6. The molecule has 0 spiro atoms. The molecule has 1 aromatic carbocycles. The molecule has 0 aliphatic heterocycles. The van der Waals surface area contributed by atoms with E-state index in [-0.39, 0.29) is 25.0 Å². The number of fused-ring (bicyclic) bond motifs is 1. The van der Waals surface area contributed by atoms with E-state index in [2.05, 4.69) is 30.4 Å². The Morgan fingerprint density at radius 1 is 0.885 bits per heavy atom. The van der Waals surface area contributed by atoms with Gasteiger partial charge in [0.05, 0.1) is 24.0 Å². The molecule has 0 saturated carbocycles. The first-order chi connectivity index (χ1) is 12.5. The number of hydrogen-bond donors (Lipinski definition) is 4. The van der Waals surface area contributed by atoms with Gasteiger partial charge in [0.2, 0.25) is 11.9 Å². The van der Waals surface area contributed by atoms with E-state index >= 15 is 0 Å². The fraction of sp³-hybridized carbons (Fsp3) is 0.143. The molecule has 0 saturated heterocycles. The zero-order valence-corrected chi connectivity index (χ0v) is 13.4. The van der Waals surface area contributed by atoms with Crippen LogP contribution in [-0.2, 0) is 13.1 Å². The third-order valence-electron chi connectivity index (χ3n) is 3.85. The number of rotatable bonds is 4. The van der Waals surface area contributed by atoms with Crippen molar-refractivity contribution in [2.45, 2.75) is 13.1 Å². The van der Waals surface area contributed by atoms with Gasteiger partial charge in [-0.1, -0.05) is 12.1 Å². The predicted molar refractivity (Wildman–Crippen MR) is 92.3 cm³/mol. The maximum absolute atomic E-state index is 13.0. The highest BCUT2D eigenvalue weighted by Gasteiger charge is 2.15. The fourth-order valence-electron chi connectivity index (χ4n) is 2.72. The number of para-hydroxylation sites is 1. The third-order valence-corrected chi connectivity index (χ3v) is 3.85. The number of nitrogen functional groups attached to an aromatic ring is 2. The lowest BCUT2D eigenvalue weighted by atomic mass is 10.2. The fourth-order valence-corrected chi connectivity index (χ4v) is 2.72. The van der Waals surface area contributed by atoms with Crippen LogP contribution in [-0.4, -0.2) is 39.5 Å². The second-order valence-electron chi connectivity index (χ2n) is 5.56. The Morgan fingerprint density at radius 3 is 2.04 bits per heavy atom. The summed E-state index contributed by atoms with van der Waals surface area (Å²) >= 11 is 0. The van der Waals surface area contributed by atoms with Crippen molar-refractivity contribution in [1.29, 1.82) is 0 Å². The van der Waals surface area contributed by atoms with Crippen LogP contribution in [0.25, 0.3) is 10.9 Å².